The Labute approximate surface area is 194 Å². The van der Waals surface area contributed by atoms with Crippen molar-refractivity contribution in [1.82, 2.24) is 19.7 Å². The fourth-order valence-corrected chi connectivity index (χ4v) is 6.25. The van der Waals surface area contributed by atoms with Crippen LogP contribution in [0.25, 0.3) is 0 Å². The molecule has 172 valence electrons. The third-order valence-corrected chi connectivity index (χ3v) is 8.01. The third kappa shape index (κ3) is 4.81. The van der Waals surface area contributed by atoms with E-state index in [1.807, 2.05) is 6.07 Å². The highest BCUT2D eigenvalue weighted by molar-refractivity contribution is 7.99. The van der Waals surface area contributed by atoms with E-state index in [4.69, 9.17) is 4.74 Å². The van der Waals surface area contributed by atoms with Gasteiger partial charge in [-0.05, 0) is 37.2 Å². The summed E-state index contributed by atoms with van der Waals surface area (Å²) in [5, 5.41) is 9.86. The first-order valence-corrected chi connectivity index (χ1v) is 13.0. The first kappa shape index (κ1) is 21.8. The van der Waals surface area contributed by atoms with Crippen LogP contribution in [-0.4, -0.2) is 70.2 Å². The number of ether oxygens (including phenoxy) is 1. The molecule has 0 N–H and O–H groups in total. The number of hydrogen-bond donors (Lipinski definition) is 0. The predicted octanol–water partition coefficient (Wildman–Crippen LogP) is 3.44. The summed E-state index contributed by atoms with van der Waals surface area (Å²) >= 11 is 1.53. The Bertz CT molecular complexity index is 897. The molecule has 0 bridgehead atoms. The van der Waals surface area contributed by atoms with Gasteiger partial charge >= 0.3 is 0 Å². The summed E-state index contributed by atoms with van der Waals surface area (Å²) in [6.07, 6.45) is 7.47. The molecule has 32 heavy (non-hydrogen) atoms. The van der Waals surface area contributed by atoms with Crippen LogP contribution in [0.3, 0.4) is 0 Å². The second-order valence-electron chi connectivity index (χ2n) is 9.08. The lowest BCUT2D eigenvalue weighted by Gasteiger charge is -2.44. The highest BCUT2D eigenvalue weighted by atomic mass is 32.2. The zero-order chi connectivity index (χ0) is 21.8. The molecule has 8 heteroatoms. The number of hydrogen-bond acceptors (Lipinski definition) is 6. The van der Waals surface area contributed by atoms with E-state index in [-0.39, 0.29) is 5.91 Å². The lowest BCUT2D eigenvalue weighted by Crippen LogP contribution is -2.50. The fraction of sp³-hybridized carbons (Fsp3) is 0.625. The highest BCUT2D eigenvalue weighted by Gasteiger charge is 2.35. The molecule has 2 aliphatic heterocycles. The molecule has 0 radical (unpaired) electrons. The third-order valence-electron chi connectivity index (χ3n) is 7.06. The van der Waals surface area contributed by atoms with Crippen molar-refractivity contribution in [2.45, 2.75) is 56.3 Å². The smallest absolute Gasteiger partial charge is 0.233 e. The monoisotopic (exact) mass is 455 g/mol. The molecule has 2 atom stereocenters. The Morgan fingerprint density at radius 1 is 1.00 bits per heavy atom. The van der Waals surface area contributed by atoms with Gasteiger partial charge in [0.15, 0.2) is 5.16 Å². The molecule has 1 saturated carbocycles. The number of piperidine rings is 1. The van der Waals surface area contributed by atoms with E-state index in [1.165, 1.54) is 49.4 Å². The average Bonchev–Trinajstić information content (AvgIpc) is 3.25. The normalized spacial score (nSPS) is 23.8. The predicted molar refractivity (Wildman–Crippen MR) is 126 cm³/mol. The first-order valence-electron chi connectivity index (χ1n) is 12.0. The van der Waals surface area contributed by atoms with Gasteiger partial charge in [0.25, 0.3) is 0 Å². The Balaban J connectivity index is 1.31. The summed E-state index contributed by atoms with van der Waals surface area (Å²) in [6, 6.07) is 10.9. The van der Waals surface area contributed by atoms with Crippen molar-refractivity contribution in [3.63, 3.8) is 0 Å². The second kappa shape index (κ2) is 10.3. The molecule has 1 amide bonds. The Morgan fingerprint density at radius 2 is 1.78 bits per heavy atom. The van der Waals surface area contributed by atoms with E-state index in [2.05, 4.69) is 48.8 Å². The van der Waals surface area contributed by atoms with Crippen molar-refractivity contribution in [2.75, 3.05) is 43.5 Å². The van der Waals surface area contributed by atoms with Crippen LogP contribution in [0, 0.1) is 5.92 Å². The van der Waals surface area contributed by atoms with Crippen LogP contribution in [0.4, 0.5) is 5.95 Å². The van der Waals surface area contributed by atoms with Crippen LogP contribution < -0.4 is 4.90 Å². The van der Waals surface area contributed by atoms with Crippen LogP contribution in [0.15, 0.2) is 35.5 Å². The van der Waals surface area contributed by atoms with E-state index in [9.17, 15) is 4.79 Å². The number of amides is 1. The SMILES string of the molecule is O=C(CSc1nnc(N2CCOCC2)n1Cc1ccccc1)N1CCC[C@@H]2CCCC[C@@H]21. The maximum Gasteiger partial charge on any atom is 0.233 e. The maximum absolute atomic E-state index is 13.2. The van der Waals surface area contributed by atoms with Crippen molar-refractivity contribution in [3.8, 4) is 0 Å². The van der Waals surface area contributed by atoms with Gasteiger partial charge in [-0.25, -0.2) is 0 Å². The molecule has 0 unspecified atom stereocenters. The minimum Gasteiger partial charge on any atom is -0.378 e. The van der Waals surface area contributed by atoms with Crippen LogP contribution in [0.5, 0.6) is 0 Å². The van der Waals surface area contributed by atoms with Crippen molar-refractivity contribution < 1.29 is 9.53 Å². The Morgan fingerprint density at radius 3 is 2.62 bits per heavy atom. The number of benzene rings is 1. The molecule has 3 fully saturated rings. The molecule has 2 aromatic rings. The molecule has 1 aliphatic carbocycles. The Hall–Kier alpha value is -2.06. The maximum atomic E-state index is 13.2. The second-order valence-corrected chi connectivity index (χ2v) is 10.0. The number of carbonyl (C=O) groups is 1. The number of aromatic nitrogens is 3. The molecule has 7 nitrogen and oxygen atoms in total. The van der Waals surface area contributed by atoms with E-state index in [0.29, 0.717) is 37.5 Å². The quantitative estimate of drug-likeness (QED) is 0.622. The molecule has 0 spiro atoms. The van der Waals surface area contributed by atoms with Gasteiger partial charge in [0.05, 0.1) is 25.5 Å². The number of nitrogens with zero attached hydrogens (tertiary/aromatic N) is 5. The lowest BCUT2D eigenvalue weighted by atomic mass is 9.78. The van der Waals surface area contributed by atoms with Gasteiger partial charge in [-0.1, -0.05) is 54.9 Å². The molecular formula is C24H33N5O2S. The summed E-state index contributed by atoms with van der Waals surface area (Å²) < 4.78 is 7.69. The number of likely N-dealkylation sites (tertiary alicyclic amines) is 1. The van der Waals surface area contributed by atoms with Gasteiger partial charge in [-0.3, -0.25) is 9.36 Å². The van der Waals surface area contributed by atoms with Crippen LogP contribution in [-0.2, 0) is 16.1 Å². The van der Waals surface area contributed by atoms with Crippen molar-refractivity contribution >= 4 is 23.6 Å². The standard InChI is InChI=1S/C24H33N5O2S/c30-22(28-12-6-10-20-9-4-5-11-21(20)28)18-32-24-26-25-23(27-13-15-31-16-14-27)29(24)17-19-7-2-1-3-8-19/h1-3,7-8,20-21H,4-6,9-18H2/t20-,21-/m0/s1. The number of thioether (sulfide) groups is 1. The number of carbonyl (C=O) groups excluding carboxylic acids is 1. The summed E-state index contributed by atoms with van der Waals surface area (Å²) in [6.45, 7) is 4.65. The van der Waals surface area contributed by atoms with Crippen LogP contribution in [0.2, 0.25) is 0 Å². The molecule has 3 heterocycles. The minimum absolute atomic E-state index is 0.258. The highest BCUT2D eigenvalue weighted by Crippen LogP contribution is 2.36. The summed E-state index contributed by atoms with van der Waals surface area (Å²) in [5.41, 5.74) is 1.20. The molecule has 5 rings (SSSR count). The number of rotatable bonds is 6. The van der Waals surface area contributed by atoms with E-state index in [1.54, 1.807) is 0 Å². The Kier molecular flexibility index (Phi) is 6.97. The van der Waals surface area contributed by atoms with Crippen molar-refractivity contribution in [2.24, 2.45) is 5.92 Å². The first-order chi connectivity index (χ1) is 15.8. The number of morpholine rings is 1. The van der Waals surface area contributed by atoms with Crippen molar-refractivity contribution in [3.05, 3.63) is 35.9 Å². The zero-order valence-electron chi connectivity index (χ0n) is 18.7. The number of anilines is 1. The van der Waals surface area contributed by atoms with Gasteiger partial charge in [0.1, 0.15) is 0 Å². The van der Waals surface area contributed by atoms with E-state index in [0.717, 1.165) is 37.2 Å². The molecule has 2 saturated heterocycles. The van der Waals surface area contributed by atoms with Gasteiger partial charge in [-0.15, -0.1) is 10.2 Å². The number of fused-ring (bicyclic) bond motifs is 1. The molecule has 1 aromatic carbocycles. The van der Waals surface area contributed by atoms with Crippen LogP contribution >= 0.6 is 11.8 Å². The average molecular weight is 456 g/mol. The zero-order valence-corrected chi connectivity index (χ0v) is 19.5. The molecule has 1 aromatic heterocycles. The fourth-order valence-electron chi connectivity index (χ4n) is 5.43. The van der Waals surface area contributed by atoms with Gasteiger partial charge in [0, 0.05) is 25.7 Å². The molecular weight excluding hydrogens is 422 g/mol. The van der Waals surface area contributed by atoms with Crippen LogP contribution in [0.1, 0.15) is 44.1 Å². The largest absolute Gasteiger partial charge is 0.378 e. The van der Waals surface area contributed by atoms with Gasteiger partial charge in [0.2, 0.25) is 11.9 Å². The summed E-state index contributed by atoms with van der Waals surface area (Å²) in [4.78, 5) is 17.6. The lowest BCUT2D eigenvalue weighted by molar-refractivity contribution is -0.134. The van der Waals surface area contributed by atoms with Gasteiger partial charge in [-0.2, -0.15) is 0 Å². The molecule has 3 aliphatic rings. The van der Waals surface area contributed by atoms with E-state index >= 15 is 0 Å². The summed E-state index contributed by atoms with van der Waals surface area (Å²) in [7, 11) is 0. The minimum atomic E-state index is 0.258. The topological polar surface area (TPSA) is 63.5 Å². The summed E-state index contributed by atoms with van der Waals surface area (Å²) in [5.74, 6) is 2.27. The van der Waals surface area contributed by atoms with Crippen molar-refractivity contribution in [1.29, 1.82) is 0 Å². The van der Waals surface area contributed by atoms with E-state index < -0.39 is 0 Å². The van der Waals surface area contributed by atoms with Gasteiger partial charge < -0.3 is 14.5 Å².